The second-order valence-corrected chi connectivity index (χ2v) is 2.14. The standard InChI is InChI=1S/C7H10O/c1-2-7(8)5-3-4-6-7/h2-3,5,8H,1,4,6H2/t7-/m0/s1. The summed E-state index contributed by atoms with van der Waals surface area (Å²) in [6, 6.07) is 0. The Hall–Kier alpha value is -0.560. The maximum absolute atomic E-state index is 9.30. The molecule has 1 N–H and O–H groups in total. The van der Waals surface area contributed by atoms with Gasteiger partial charge in [-0.05, 0) is 12.8 Å². The van der Waals surface area contributed by atoms with Gasteiger partial charge in [0.15, 0.2) is 0 Å². The number of hydrogen-bond donors (Lipinski definition) is 1. The Balaban J connectivity index is 2.67. The van der Waals surface area contributed by atoms with Gasteiger partial charge in [0, 0.05) is 0 Å². The normalized spacial score (nSPS) is 35.6. The van der Waals surface area contributed by atoms with Crippen molar-refractivity contribution in [2.45, 2.75) is 18.4 Å². The van der Waals surface area contributed by atoms with Crippen LogP contribution in [0.15, 0.2) is 24.8 Å². The van der Waals surface area contributed by atoms with Crippen LogP contribution in [0.3, 0.4) is 0 Å². The number of allylic oxidation sites excluding steroid dienone is 1. The van der Waals surface area contributed by atoms with E-state index in [1.54, 1.807) is 12.2 Å². The average molecular weight is 110 g/mol. The molecular weight excluding hydrogens is 100 g/mol. The van der Waals surface area contributed by atoms with Crippen molar-refractivity contribution in [1.82, 2.24) is 0 Å². The van der Waals surface area contributed by atoms with E-state index in [2.05, 4.69) is 6.58 Å². The van der Waals surface area contributed by atoms with Gasteiger partial charge in [-0.25, -0.2) is 0 Å². The largest absolute Gasteiger partial charge is 0.382 e. The maximum Gasteiger partial charge on any atom is 0.101 e. The lowest BCUT2D eigenvalue weighted by atomic mass is 10.1. The van der Waals surface area contributed by atoms with E-state index >= 15 is 0 Å². The van der Waals surface area contributed by atoms with Crippen LogP contribution in [0.4, 0.5) is 0 Å². The van der Waals surface area contributed by atoms with Crippen LogP contribution in [-0.2, 0) is 0 Å². The average Bonchev–Trinajstić information content (AvgIpc) is 2.17. The molecular formula is C7H10O. The Morgan fingerprint density at radius 2 is 2.50 bits per heavy atom. The lowest BCUT2D eigenvalue weighted by molar-refractivity contribution is 0.143. The van der Waals surface area contributed by atoms with Gasteiger partial charge in [0.1, 0.15) is 5.60 Å². The molecule has 0 amide bonds. The number of hydrogen-bond acceptors (Lipinski definition) is 1. The molecule has 0 radical (unpaired) electrons. The summed E-state index contributed by atoms with van der Waals surface area (Å²) in [7, 11) is 0. The summed E-state index contributed by atoms with van der Waals surface area (Å²) in [6.45, 7) is 3.51. The van der Waals surface area contributed by atoms with E-state index in [4.69, 9.17) is 0 Å². The van der Waals surface area contributed by atoms with Crippen LogP contribution in [0.1, 0.15) is 12.8 Å². The third-order valence-electron chi connectivity index (χ3n) is 1.47. The smallest absolute Gasteiger partial charge is 0.101 e. The fraction of sp³-hybridized carbons (Fsp3) is 0.429. The van der Waals surface area contributed by atoms with Crippen LogP contribution in [0.2, 0.25) is 0 Å². The quantitative estimate of drug-likeness (QED) is 0.504. The molecule has 0 aromatic heterocycles. The second-order valence-electron chi connectivity index (χ2n) is 2.14. The van der Waals surface area contributed by atoms with Crippen molar-refractivity contribution in [3.8, 4) is 0 Å². The monoisotopic (exact) mass is 110 g/mol. The molecule has 0 aromatic carbocycles. The first-order valence-electron chi connectivity index (χ1n) is 2.80. The Kier molecular flexibility index (Phi) is 1.22. The predicted molar refractivity (Wildman–Crippen MR) is 33.5 cm³/mol. The summed E-state index contributed by atoms with van der Waals surface area (Å²) in [6.07, 6.45) is 7.12. The molecule has 1 nitrogen and oxygen atoms in total. The van der Waals surface area contributed by atoms with Gasteiger partial charge in [-0.3, -0.25) is 0 Å². The van der Waals surface area contributed by atoms with Crippen LogP contribution in [0, 0.1) is 0 Å². The Bertz CT molecular complexity index is 126. The zero-order chi connectivity index (χ0) is 6.04. The van der Waals surface area contributed by atoms with E-state index in [1.165, 1.54) is 0 Å². The predicted octanol–water partition coefficient (Wildman–Crippen LogP) is 1.25. The summed E-state index contributed by atoms with van der Waals surface area (Å²) in [5, 5.41) is 9.30. The van der Waals surface area contributed by atoms with Gasteiger partial charge in [-0.1, -0.05) is 24.8 Å². The molecule has 0 saturated carbocycles. The third kappa shape index (κ3) is 0.819. The summed E-state index contributed by atoms with van der Waals surface area (Å²) in [4.78, 5) is 0. The van der Waals surface area contributed by atoms with Crippen LogP contribution in [0.25, 0.3) is 0 Å². The zero-order valence-corrected chi connectivity index (χ0v) is 4.80. The molecule has 1 atom stereocenters. The van der Waals surface area contributed by atoms with Gasteiger partial charge in [0.05, 0.1) is 0 Å². The van der Waals surface area contributed by atoms with Crippen molar-refractivity contribution < 1.29 is 5.11 Å². The van der Waals surface area contributed by atoms with E-state index < -0.39 is 5.60 Å². The lowest BCUT2D eigenvalue weighted by Gasteiger charge is -2.12. The van der Waals surface area contributed by atoms with Crippen molar-refractivity contribution in [3.05, 3.63) is 24.8 Å². The van der Waals surface area contributed by atoms with Crippen LogP contribution in [0.5, 0.6) is 0 Å². The molecule has 44 valence electrons. The molecule has 1 rings (SSSR count). The first kappa shape index (κ1) is 5.57. The molecule has 0 heterocycles. The van der Waals surface area contributed by atoms with Gasteiger partial charge >= 0.3 is 0 Å². The van der Waals surface area contributed by atoms with Gasteiger partial charge < -0.3 is 5.11 Å². The highest BCUT2D eigenvalue weighted by Crippen LogP contribution is 2.22. The van der Waals surface area contributed by atoms with Crippen molar-refractivity contribution >= 4 is 0 Å². The molecule has 1 heteroatoms. The van der Waals surface area contributed by atoms with Gasteiger partial charge in [0.2, 0.25) is 0 Å². The van der Waals surface area contributed by atoms with E-state index in [1.807, 2.05) is 6.08 Å². The highest BCUT2D eigenvalue weighted by atomic mass is 16.3. The Morgan fingerprint density at radius 1 is 1.75 bits per heavy atom. The molecule has 8 heavy (non-hydrogen) atoms. The minimum atomic E-state index is -0.681. The minimum Gasteiger partial charge on any atom is -0.382 e. The van der Waals surface area contributed by atoms with Crippen molar-refractivity contribution in [2.24, 2.45) is 0 Å². The Labute approximate surface area is 49.3 Å². The van der Waals surface area contributed by atoms with Crippen molar-refractivity contribution in [1.29, 1.82) is 0 Å². The van der Waals surface area contributed by atoms with Gasteiger partial charge in [0.25, 0.3) is 0 Å². The molecule has 0 aliphatic heterocycles. The fourth-order valence-electron chi connectivity index (χ4n) is 0.855. The Morgan fingerprint density at radius 3 is 2.75 bits per heavy atom. The molecule has 0 fully saturated rings. The molecule has 1 aliphatic carbocycles. The van der Waals surface area contributed by atoms with Crippen LogP contribution in [-0.4, -0.2) is 10.7 Å². The summed E-state index contributed by atoms with van der Waals surface area (Å²) in [5.74, 6) is 0. The highest BCUT2D eigenvalue weighted by molar-refractivity contribution is 5.16. The van der Waals surface area contributed by atoms with Gasteiger partial charge in [-0.15, -0.1) is 0 Å². The first-order valence-corrected chi connectivity index (χ1v) is 2.80. The van der Waals surface area contributed by atoms with E-state index in [9.17, 15) is 5.11 Å². The molecule has 1 aliphatic rings. The zero-order valence-electron chi connectivity index (χ0n) is 4.80. The van der Waals surface area contributed by atoms with Crippen molar-refractivity contribution in [2.75, 3.05) is 0 Å². The van der Waals surface area contributed by atoms with Crippen LogP contribution >= 0.6 is 0 Å². The molecule has 0 aromatic rings. The van der Waals surface area contributed by atoms with Gasteiger partial charge in [-0.2, -0.15) is 0 Å². The first-order chi connectivity index (χ1) is 3.77. The summed E-state index contributed by atoms with van der Waals surface area (Å²) in [5.41, 5.74) is -0.681. The fourth-order valence-corrected chi connectivity index (χ4v) is 0.855. The SMILES string of the molecule is C=C[C@]1(O)C=CCC1. The lowest BCUT2D eigenvalue weighted by Crippen LogP contribution is -2.17. The molecule has 0 spiro atoms. The maximum atomic E-state index is 9.30. The van der Waals surface area contributed by atoms with E-state index in [-0.39, 0.29) is 0 Å². The third-order valence-corrected chi connectivity index (χ3v) is 1.47. The highest BCUT2D eigenvalue weighted by Gasteiger charge is 2.20. The van der Waals surface area contributed by atoms with E-state index in [0.29, 0.717) is 0 Å². The molecule has 0 unspecified atom stereocenters. The number of rotatable bonds is 1. The number of aliphatic hydroxyl groups is 1. The summed E-state index contributed by atoms with van der Waals surface area (Å²) >= 11 is 0. The van der Waals surface area contributed by atoms with Crippen molar-refractivity contribution in [3.63, 3.8) is 0 Å². The second kappa shape index (κ2) is 1.75. The van der Waals surface area contributed by atoms with E-state index in [0.717, 1.165) is 12.8 Å². The summed E-state index contributed by atoms with van der Waals surface area (Å²) < 4.78 is 0. The molecule has 0 saturated heterocycles. The molecule has 0 bridgehead atoms. The topological polar surface area (TPSA) is 20.2 Å². The minimum absolute atomic E-state index is 0.681. The van der Waals surface area contributed by atoms with Crippen LogP contribution < -0.4 is 0 Å².